The van der Waals surface area contributed by atoms with Crippen LogP contribution < -0.4 is 4.74 Å². The van der Waals surface area contributed by atoms with Crippen LogP contribution in [0, 0.1) is 0 Å². The van der Waals surface area contributed by atoms with Crippen LogP contribution in [0.3, 0.4) is 0 Å². The third-order valence-corrected chi connectivity index (χ3v) is 7.13. The molecule has 1 heterocycles. The fourth-order valence-corrected chi connectivity index (χ4v) is 5.07. The van der Waals surface area contributed by atoms with E-state index in [1.54, 1.807) is 4.90 Å². The summed E-state index contributed by atoms with van der Waals surface area (Å²) in [5.74, 6) is 1.06. The van der Waals surface area contributed by atoms with Crippen molar-refractivity contribution in [2.45, 2.75) is 77.1 Å². The number of amides is 1. The van der Waals surface area contributed by atoms with Gasteiger partial charge in [-0.2, -0.15) is 0 Å². The summed E-state index contributed by atoms with van der Waals surface area (Å²) >= 11 is 0. The third-order valence-electron chi connectivity index (χ3n) is 7.13. The van der Waals surface area contributed by atoms with Gasteiger partial charge in [0.25, 0.3) is 0 Å². The van der Waals surface area contributed by atoms with Gasteiger partial charge in [0.15, 0.2) is 0 Å². The predicted molar refractivity (Wildman–Crippen MR) is 159 cm³/mol. The van der Waals surface area contributed by atoms with E-state index in [0.29, 0.717) is 39.5 Å². The minimum atomic E-state index is -0.520. The zero-order chi connectivity index (χ0) is 28.2. The Morgan fingerprint density at radius 2 is 1.77 bits per heavy atom. The van der Waals surface area contributed by atoms with Crippen LogP contribution in [-0.2, 0) is 20.8 Å². The smallest absolute Gasteiger partial charge is 0.410 e. The zero-order valence-corrected chi connectivity index (χ0v) is 24.3. The van der Waals surface area contributed by atoms with Gasteiger partial charge in [0.1, 0.15) is 11.4 Å². The first-order valence-corrected chi connectivity index (χ1v) is 14.7. The zero-order valence-electron chi connectivity index (χ0n) is 24.3. The largest absolute Gasteiger partial charge is 0.494 e. The lowest BCUT2D eigenvalue weighted by Gasteiger charge is -2.39. The van der Waals surface area contributed by atoms with Crippen molar-refractivity contribution in [2.24, 2.45) is 0 Å². The summed E-state index contributed by atoms with van der Waals surface area (Å²) in [6, 6.07) is 18.5. The number of benzene rings is 2. The Hall–Kier alpha value is -3.09. The van der Waals surface area contributed by atoms with Crippen molar-refractivity contribution < 1.29 is 23.7 Å². The lowest BCUT2D eigenvalue weighted by Crippen LogP contribution is -2.48. The summed E-state index contributed by atoms with van der Waals surface area (Å²) in [5, 5.41) is 0. The molecule has 40 heavy (non-hydrogen) atoms. The van der Waals surface area contributed by atoms with Crippen LogP contribution in [0.2, 0.25) is 0 Å². The van der Waals surface area contributed by atoms with Crippen molar-refractivity contribution in [2.75, 3.05) is 32.9 Å². The number of rotatable bonds is 12. The number of nitrogens with zero attached hydrogens (tertiary/aromatic N) is 1. The normalized spacial score (nSPS) is 19.3. The van der Waals surface area contributed by atoms with Crippen molar-refractivity contribution in [1.82, 2.24) is 4.90 Å². The third kappa shape index (κ3) is 9.83. The van der Waals surface area contributed by atoms with Gasteiger partial charge in [-0.15, -0.1) is 0 Å². The van der Waals surface area contributed by atoms with E-state index in [2.05, 4.69) is 42.5 Å². The molecule has 1 aliphatic heterocycles. The first-order valence-electron chi connectivity index (χ1n) is 14.7. The van der Waals surface area contributed by atoms with Gasteiger partial charge in [-0.1, -0.05) is 66.3 Å². The minimum absolute atomic E-state index is 0.0945. The molecule has 1 saturated heterocycles. The number of carbonyl (C=O) groups excluding carboxylic acids is 1. The second kappa shape index (κ2) is 15.1. The summed E-state index contributed by atoms with van der Waals surface area (Å²) in [4.78, 5) is 14.6. The lowest BCUT2D eigenvalue weighted by molar-refractivity contribution is -0.0289. The maximum Gasteiger partial charge on any atom is 0.410 e. The molecular weight excluding hydrogens is 502 g/mol. The van der Waals surface area contributed by atoms with Crippen molar-refractivity contribution >= 4 is 6.09 Å². The first kappa shape index (κ1) is 29.9. The van der Waals surface area contributed by atoms with Crippen LogP contribution in [0.4, 0.5) is 4.79 Å². The van der Waals surface area contributed by atoms with Crippen LogP contribution in [0.25, 0.3) is 0 Å². The molecule has 1 aliphatic carbocycles. The maximum absolute atomic E-state index is 12.8. The summed E-state index contributed by atoms with van der Waals surface area (Å²) in [6.07, 6.45) is 11.1. The highest BCUT2D eigenvalue weighted by Crippen LogP contribution is 2.32. The second-order valence-corrected chi connectivity index (χ2v) is 11.5. The van der Waals surface area contributed by atoms with E-state index >= 15 is 0 Å². The molecule has 6 nitrogen and oxygen atoms in total. The highest BCUT2D eigenvalue weighted by molar-refractivity contribution is 5.68. The van der Waals surface area contributed by atoms with Gasteiger partial charge >= 0.3 is 6.09 Å². The number of carbonyl (C=O) groups is 1. The van der Waals surface area contributed by atoms with Gasteiger partial charge in [-0.05, 0) is 69.7 Å². The highest BCUT2D eigenvalue weighted by atomic mass is 16.6. The standard InChI is InChI=1S/C34H45NO5/c1-34(2,3)40-33(36)35-21-19-31(32(25-35)39-24-20-27-11-6-4-7-12-27)29-15-17-30(18-16-29)38-23-10-22-37-26-28-13-8-5-9-14-28/h5-6,8-9,11-18,31-32H,4,7,10,19-26H2,1-3H3. The summed E-state index contributed by atoms with van der Waals surface area (Å²) < 4.78 is 23.8. The number of ether oxygens (including phenoxy) is 4. The number of piperidine rings is 1. The van der Waals surface area contributed by atoms with Crippen LogP contribution in [0.5, 0.6) is 5.75 Å². The average molecular weight is 548 g/mol. The fourth-order valence-electron chi connectivity index (χ4n) is 5.07. The summed E-state index contributed by atoms with van der Waals surface area (Å²) in [6.45, 7) is 9.40. The topological polar surface area (TPSA) is 57.2 Å². The lowest BCUT2D eigenvalue weighted by atomic mass is 9.87. The molecule has 0 bridgehead atoms. The van der Waals surface area contributed by atoms with Crippen LogP contribution in [0.1, 0.15) is 69.9 Å². The molecule has 6 heteroatoms. The van der Waals surface area contributed by atoms with Crippen LogP contribution in [0.15, 0.2) is 78.4 Å². The molecule has 4 rings (SSSR count). The monoisotopic (exact) mass is 547 g/mol. The van der Waals surface area contributed by atoms with Gasteiger partial charge in [0.05, 0.1) is 39.1 Å². The molecule has 0 radical (unpaired) electrons. The predicted octanol–water partition coefficient (Wildman–Crippen LogP) is 7.45. The fraction of sp³-hybridized carbons (Fsp3) is 0.500. The van der Waals surface area contributed by atoms with E-state index in [0.717, 1.165) is 37.9 Å². The Morgan fingerprint density at radius 1 is 0.975 bits per heavy atom. The molecule has 2 unspecified atom stereocenters. The SMILES string of the molecule is CC(C)(C)OC(=O)N1CCC(c2ccc(OCCCOCc3ccccc3)cc2)C(OCCC2=CCCC=C2)C1. The van der Waals surface area contributed by atoms with Gasteiger partial charge in [-0.3, -0.25) is 0 Å². The van der Waals surface area contributed by atoms with Gasteiger partial charge < -0.3 is 23.8 Å². The van der Waals surface area contributed by atoms with Crippen molar-refractivity contribution in [3.8, 4) is 5.75 Å². The second-order valence-electron chi connectivity index (χ2n) is 11.5. The molecule has 0 aromatic heterocycles. The van der Waals surface area contributed by atoms with E-state index < -0.39 is 5.60 Å². The Bertz CT molecular complexity index is 1100. The van der Waals surface area contributed by atoms with Gasteiger partial charge in [-0.25, -0.2) is 4.79 Å². The Kier molecular flexibility index (Phi) is 11.2. The molecule has 2 aromatic carbocycles. The van der Waals surface area contributed by atoms with E-state index in [9.17, 15) is 4.79 Å². The number of hydrogen-bond donors (Lipinski definition) is 0. The molecule has 1 amide bonds. The first-order chi connectivity index (χ1) is 19.4. The summed E-state index contributed by atoms with van der Waals surface area (Å²) in [5.41, 5.74) is 3.20. The number of allylic oxidation sites excluding steroid dienone is 3. The molecule has 2 aliphatic rings. The molecule has 0 saturated carbocycles. The quantitative estimate of drug-likeness (QED) is 0.258. The molecule has 2 aromatic rings. The van der Waals surface area contributed by atoms with Crippen molar-refractivity contribution in [3.63, 3.8) is 0 Å². The minimum Gasteiger partial charge on any atom is -0.494 e. The van der Waals surface area contributed by atoms with Gasteiger partial charge in [0.2, 0.25) is 0 Å². The Balaban J connectivity index is 1.28. The number of hydrogen-bond acceptors (Lipinski definition) is 5. The molecular formula is C34H45NO5. The van der Waals surface area contributed by atoms with Crippen LogP contribution in [-0.4, -0.2) is 55.6 Å². The van der Waals surface area contributed by atoms with E-state index in [1.165, 1.54) is 16.7 Å². The van der Waals surface area contributed by atoms with E-state index in [4.69, 9.17) is 18.9 Å². The average Bonchev–Trinajstić information content (AvgIpc) is 2.95. The number of likely N-dealkylation sites (tertiary alicyclic amines) is 1. The Morgan fingerprint density at radius 3 is 2.50 bits per heavy atom. The van der Waals surface area contributed by atoms with Crippen molar-refractivity contribution in [1.29, 1.82) is 0 Å². The molecule has 216 valence electrons. The molecule has 2 atom stereocenters. The molecule has 0 N–H and O–H groups in total. The van der Waals surface area contributed by atoms with Gasteiger partial charge in [0, 0.05) is 18.9 Å². The highest BCUT2D eigenvalue weighted by Gasteiger charge is 2.35. The van der Waals surface area contributed by atoms with Crippen LogP contribution >= 0.6 is 0 Å². The molecule has 1 fully saturated rings. The van der Waals surface area contributed by atoms with E-state index in [-0.39, 0.29) is 18.1 Å². The Labute approximate surface area is 240 Å². The van der Waals surface area contributed by atoms with Crippen molar-refractivity contribution in [3.05, 3.63) is 89.5 Å². The summed E-state index contributed by atoms with van der Waals surface area (Å²) in [7, 11) is 0. The maximum atomic E-state index is 12.8. The molecule has 0 spiro atoms. The van der Waals surface area contributed by atoms with E-state index in [1.807, 2.05) is 51.1 Å².